The van der Waals surface area contributed by atoms with Crippen molar-refractivity contribution in [1.29, 1.82) is 0 Å². The third-order valence-corrected chi connectivity index (χ3v) is 2.35. The third kappa shape index (κ3) is 3.62. The fourth-order valence-corrected chi connectivity index (χ4v) is 1.33. The Hall–Kier alpha value is -1.42. The van der Waals surface area contributed by atoms with E-state index in [-0.39, 0.29) is 18.1 Å². The molecule has 0 aliphatic heterocycles. The van der Waals surface area contributed by atoms with Crippen LogP contribution in [0.2, 0.25) is 0 Å². The standard InChI is InChI=1S/C12H16FNO2/c1-9(15)6-7-12(16)14(2)11-5-3-4-10(13)8-11/h3-5,8-9,15H,6-7H2,1-2H3. The zero-order chi connectivity index (χ0) is 12.1. The zero-order valence-corrected chi connectivity index (χ0v) is 9.48. The highest BCUT2D eigenvalue weighted by Gasteiger charge is 2.12. The minimum Gasteiger partial charge on any atom is -0.393 e. The summed E-state index contributed by atoms with van der Waals surface area (Å²) in [5.41, 5.74) is 0.524. The first-order valence-electron chi connectivity index (χ1n) is 5.21. The molecule has 0 radical (unpaired) electrons. The molecule has 0 heterocycles. The van der Waals surface area contributed by atoms with E-state index in [1.54, 1.807) is 26.1 Å². The van der Waals surface area contributed by atoms with E-state index in [0.717, 1.165) is 0 Å². The van der Waals surface area contributed by atoms with Gasteiger partial charge in [-0.1, -0.05) is 6.07 Å². The van der Waals surface area contributed by atoms with Crippen molar-refractivity contribution in [3.05, 3.63) is 30.1 Å². The van der Waals surface area contributed by atoms with E-state index in [2.05, 4.69) is 0 Å². The lowest BCUT2D eigenvalue weighted by atomic mass is 10.2. The summed E-state index contributed by atoms with van der Waals surface area (Å²) in [6.45, 7) is 1.63. The highest BCUT2D eigenvalue weighted by atomic mass is 19.1. The molecule has 3 nitrogen and oxygen atoms in total. The fourth-order valence-electron chi connectivity index (χ4n) is 1.33. The second-order valence-corrected chi connectivity index (χ2v) is 3.82. The first kappa shape index (κ1) is 12.6. The van der Waals surface area contributed by atoms with Crippen LogP contribution in [0.15, 0.2) is 24.3 Å². The highest BCUT2D eigenvalue weighted by molar-refractivity contribution is 5.92. The molecule has 1 rings (SSSR count). The van der Waals surface area contributed by atoms with Gasteiger partial charge in [-0.25, -0.2) is 4.39 Å². The Morgan fingerprint density at radius 1 is 1.56 bits per heavy atom. The number of carbonyl (C=O) groups excluding carboxylic acids is 1. The molecular weight excluding hydrogens is 209 g/mol. The van der Waals surface area contributed by atoms with Gasteiger partial charge in [-0.05, 0) is 31.5 Å². The average molecular weight is 225 g/mol. The van der Waals surface area contributed by atoms with Crippen molar-refractivity contribution in [1.82, 2.24) is 0 Å². The molecule has 88 valence electrons. The van der Waals surface area contributed by atoms with Crippen molar-refractivity contribution in [3.8, 4) is 0 Å². The number of benzene rings is 1. The summed E-state index contributed by atoms with van der Waals surface area (Å²) in [7, 11) is 1.60. The minimum atomic E-state index is -0.496. The average Bonchev–Trinajstić information content (AvgIpc) is 2.24. The van der Waals surface area contributed by atoms with E-state index in [1.165, 1.54) is 17.0 Å². The van der Waals surface area contributed by atoms with Crippen LogP contribution < -0.4 is 4.90 Å². The van der Waals surface area contributed by atoms with Crippen LogP contribution in [0.25, 0.3) is 0 Å². The number of hydrogen-bond acceptors (Lipinski definition) is 2. The maximum atomic E-state index is 12.9. The lowest BCUT2D eigenvalue weighted by Crippen LogP contribution is -2.26. The number of amides is 1. The van der Waals surface area contributed by atoms with Crippen LogP contribution in [-0.2, 0) is 4.79 Å². The molecule has 0 fully saturated rings. The minimum absolute atomic E-state index is 0.133. The van der Waals surface area contributed by atoms with Crippen molar-refractivity contribution in [2.45, 2.75) is 25.9 Å². The molecule has 0 spiro atoms. The number of nitrogens with zero attached hydrogens (tertiary/aromatic N) is 1. The van der Waals surface area contributed by atoms with Crippen molar-refractivity contribution >= 4 is 11.6 Å². The van der Waals surface area contributed by atoms with Crippen molar-refractivity contribution in [2.24, 2.45) is 0 Å². The quantitative estimate of drug-likeness (QED) is 0.850. The van der Waals surface area contributed by atoms with Gasteiger partial charge in [0.05, 0.1) is 6.10 Å². The van der Waals surface area contributed by atoms with Gasteiger partial charge >= 0.3 is 0 Å². The number of rotatable bonds is 4. The Kier molecular flexibility index (Phi) is 4.43. The number of aliphatic hydroxyl groups excluding tert-OH is 1. The summed E-state index contributed by atoms with van der Waals surface area (Å²) in [5.74, 6) is -0.501. The predicted molar refractivity (Wildman–Crippen MR) is 60.7 cm³/mol. The molecule has 4 heteroatoms. The molecule has 0 bridgehead atoms. The van der Waals surface area contributed by atoms with E-state index in [1.807, 2.05) is 0 Å². The predicted octanol–water partition coefficient (Wildman–Crippen LogP) is 1.95. The molecule has 1 atom stereocenters. The van der Waals surface area contributed by atoms with Crippen LogP contribution in [0.3, 0.4) is 0 Å². The number of anilines is 1. The lowest BCUT2D eigenvalue weighted by Gasteiger charge is -2.17. The number of carbonyl (C=O) groups is 1. The number of aliphatic hydroxyl groups is 1. The molecule has 0 saturated heterocycles. The topological polar surface area (TPSA) is 40.5 Å². The molecule has 1 aromatic rings. The zero-order valence-electron chi connectivity index (χ0n) is 9.48. The summed E-state index contributed by atoms with van der Waals surface area (Å²) in [4.78, 5) is 13.0. The Balaban J connectivity index is 2.63. The fraction of sp³-hybridized carbons (Fsp3) is 0.417. The molecule has 1 amide bonds. The maximum absolute atomic E-state index is 12.9. The number of halogens is 1. The molecule has 1 unspecified atom stereocenters. The van der Waals surface area contributed by atoms with Crippen molar-refractivity contribution in [2.75, 3.05) is 11.9 Å². The normalized spacial score (nSPS) is 12.2. The van der Waals surface area contributed by atoms with Gasteiger partial charge in [0.25, 0.3) is 0 Å². The van der Waals surface area contributed by atoms with Crippen LogP contribution in [0.5, 0.6) is 0 Å². The van der Waals surface area contributed by atoms with Crippen LogP contribution in [0.4, 0.5) is 10.1 Å². The largest absolute Gasteiger partial charge is 0.393 e. The second kappa shape index (κ2) is 5.61. The summed E-state index contributed by atoms with van der Waals surface area (Å²) in [6.07, 6.45) is 0.174. The first-order valence-corrected chi connectivity index (χ1v) is 5.21. The monoisotopic (exact) mass is 225 g/mol. The molecule has 0 aromatic heterocycles. The summed E-state index contributed by atoms with van der Waals surface area (Å²) >= 11 is 0. The molecule has 0 saturated carbocycles. The van der Waals surface area contributed by atoms with Crippen LogP contribution in [0, 0.1) is 5.82 Å². The lowest BCUT2D eigenvalue weighted by molar-refractivity contribution is -0.118. The Bertz CT molecular complexity index is 366. The number of hydrogen-bond donors (Lipinski definition) is 1. The first-order chi connectivity index (χ1) is 7.50. The Labute approximate surface area is 94.5 Å². The molecule has 0 aliphatic rings. The molecule has 1 aromatic carbocycles. The van der Waals surface area contributed by atoms with Crippen LogP contribution in [0.1, 0.15) is 19.8 Å². The van der Waals surface area contributed by atoms with E-state index in [4.69, 9.17) is 5.11 Å². The van der Waals surface area contributed by atoms with Gasteiger partial charge in [-0.15, -0.1) is 0 Å². The molecule has 0 aliphatic carbocycles. The second-order valence-electron chi connectivity index (χ2n) is 3.82. The summed E-state index contributed by atoms with van der Waals surface area (Å²) in [5, 5.41) is 9.07. The van der Waals surface area contributed by atoms with Gasteiger partial charge in [0.1, 0.15) is 5.82 Å². The van der Waals surface area contributed by atoms with Gasteiger partial charge in [-0.2, -0.15) is 0 Å². The van der Waals surface area contributed by atoms with Gasteiger partial charge in [-0.3, -0.25) is 4.79 Å². The SMILES string of the molecule is CC(O)CCC(=O)N(C)c1cccc(F)c1. The smallest absolute Gasteiger partial charge is 0.226 e. The molecule has 16 heavy (non-hydrogen) atoms. The van der Waals surface area contributed by atoms with Crippen molar-refractivity contribution in [3.63, 3.8) is 0 Å². The van der Waals surface area contributed by atoms with Gasteiger partial charge in [0.2, 0.25) is 5.91 Å². The van der Waals surface area contributed by atoms with E-state index in [9.17, 15) is 9.18 Å². The van der Waals surface area contributed by atoms with E-state index >= 15 is 0 Å². The Morgan fingerprint density at radius 2 is 2.25 bits per heavy atom. The summed E-state index contributed by atoms with van der Waals surface area (Å²) < 4.78 is 12.9. The Morgan fingerprint density at radius 3 is 2.81 bits per heavy atom. The van der Waals surface area contributed by atoms with Crippen LogP contribution in [-0.4, -0.2) is 24.2 Å². The van der Waals surface area contributed by atoms with Crippen molar-refractivity contribution < 1.29 is 14.3 Å². The van der Waals surface area contributed by atoms with E-state index in [0.29, 0.717) is 12.1 Å². The third-order valence-electron chi connectivity index (χ3n) is 2.35. The van der Waals surface area contributed by atoms with Gasteiger partial charge in [0.15, 0.2) is 0 Å². The maximum Gasteiger partial charge on any atom is 0.226 e. The van der Waals surface area contributed by atoms with Gasteiger partial charge in [0, 0.05) is 19.2 Å². The van der Waals surface area contributed by atoms with Gasteiger partial charge < -0.3 is 10.0 Å². The highest BCUT2D eigenvalue weighted by Crippen LogP contribution is 2.15. The molecular formula is C12H16FNO2. The van der Waals surface area contributed by atoms with Crippen LogP contribution >= 0.6 is 0 Å². The molecule has 1 N–H and O–H groups in total. The van der Waals surface area contributed by atoms with E-state index < -0.39 is 6.10 Å². The summed E-state index contributed by atoms with van der Waals surface area (Å²) in [6, 6.07) is 5.87.